The fraction of sp³-hybridized carbons (Fsp3) is 0.385. The number of carboxylic acid groups (broad SMARTS) is 1. The first kappa shape index (κ1) is 25.0. The second kappa shape index (κ2) is 11.4. The summed E-state index contributed by atoms with van der Waals surface area (Å²) in [5.74, 6) is -0.392. The van der Waals surface area contributed by atoms with E-state index in [0.717, 1.165) is 16.7 Å². The fourth-order valence-corrected chi connectivity index (χ4v) is 3.53. The van der Waals surface area contributed by atoms with Crippen LogP contribution in [-0.2, 0) is 9.59 Å². The van der Waals surface area contributed by atoms with E-state index < -0.39 is 12.6 Å². The molecule has 0 aliphatic rings. The van der Waals surface area contributed by atoms with Crippen LogP contribution in [-0.4, -0.2) is 40.6 Å². The van der Waals surface area contributed by atoms with E-state index in [1.54, 1.807) is 18.2 Å². The van der Waals surface area contributed by atoms with Gasteiger partial charge in [-0.25, -0.2) is 4.79 Å². The zero-order valence-electron chi connectivity index (χ0n) is 19.7. The van der Waals surface area contributed by atoms with Crippen LogP contribution in [0.4, 0.5) is 0 Å². The molecule has 0 bridgehead atoms. The molecule has 0 saturated heterocycles. The highest BCUT2D eigenvalue weighted by atomic mass is 16.5. The Morgan fingerprint density at radius 2 is 1.59 bits per heavy atom. The van der Waals surface area contributed by atoms with Gasteiger partial charge in [0.25, 0.3) is 0 Å². The standard InChI is InChI=1S/C26H33NO5/c1-17(2)27(18(3)4)25(28)14-19(5)22-12-13-23(24(15-22)31-16-26(29)30)32-20(6)21-10-8-7-9-11-21/h7-15,17-18,20H,16H2,1-6H3,(H,29,30)/b19-14-. The molecule has 2 aromatic rings. The lowest BCUT2D eigenvalue weighted by molar-refractivity contribution is -0.139. The van der Waals surface area contributed by atoms with Gasteiger partial charge in [-0.2, -0.15) is 0 Å². The topological polar surface area (TPSA) is 76.1 Å². The lowest BCUT2D eigenvalue weighted by atomic mass is 10.1. The molecule has 0 saturated carbocycles. The Kier molecular flexibility index (Phi) is 8.88. The summed E-state index contributed by atoms with van der Waals surface area (Å²) in [5, 5.41) is 9.06. The number of hydrogen-bond donors (Lipinski definition) is 1. The van der Waals surface area contributed by atoms with Gasteiger partial charge in [0.1, 0.15) is 6.10 Å². The van der Waals surface area contributed by atoms with Crippen molar-refractivity contribution >= 4 is 17.4 Å². The fourth-order valence-electron chi connectivity index (χ4n) is 3.53. The van der Waals surface area contributed by atoms with E-state index >= 15 is 0 Å². The summed E-state index contributed by atoms with van der Waals surface area (Å²) in [4.78, 5) is 25.7. The molecular weight excluding hydrogens is 406 g/mol. The molecular formula is C26H33NO5. The summed E-state index contributed by atoms with van der Waals surface area (Å²) >= 11 is 0. The number of ether oxygens (including phenoxy) is 2. The van der Waals surface area contributed by atoms with Crippen LogP contribution >= 0.6 is 0 Å². The van der Waals surface area contributed by atoms with Crippen LogP contribution in [0.1, 0.15) is 58.8 Å². The largest absolute Gasteiger partial charge is 0.482 e. The maximum atomic E-state index is 12.8. The highest BCUT2D eigenvalue weighted by molar-refractivity contribution is 5.95. The molecule has 0 spiro atoms. The zero-order chi connectivity index (χ0) is 23.8. The average Bonchev–Trinajstić information content (AvgIpc) is 2.72. The maximum Gasteiger partial charge on any atom is 0.341 e. The summed E-state index contributed by atoms with van der Waals surface area (Å²) in [6, 6.07) is 15.2. The third-order valence-corrected chi connectivity index (χ3v) is 5.03. The molecule has 0 aliphatic heterocycles. The Balaban J connectivity index is 2.33. The van der Waals surface area contributed by atoms with Crippen molar-refractivity contribution in [3.8, 4) is 11.5 Å². The van der Waals surface area contributed by atoms with E-state index in [2.05, 4.69) is 0 Å². The van der Waals surface area contributed by atoms with E-state index in [-0.39, 0.29) is 24.1 Å². The molecule has 1 atom stereocenters. The van der Waals surface area contributed by atoms with Gasteiger partial charge in [-0.1, -0.05) is 36.4 Å². The number of allylic oxidation sites excluding steroid dienone is 1. The minimum Gasteiger partial charge on any atom is -0.482 e. The summed E-state index contributed by atoms with van der Waals surface area (Å²) in [6.07, 6.45) is 1.35. The van der Waals surface area contributed by atoms with E-state index in [1.807, 2.05) is 82.8 Å². The molecule has 0 radical (unpaired) electrons. The molecule has 1 unspecified atom stereocenters. The van der Waals surface area contributed by atoms with E-state index in [4.69, 9.17) is 14.6 Å². The van der Waals surface area contributed by atoms with Gasteiger partial charge < -0.3 is 19.5 Å². The second-order valence-electron chi connectivity index (χ2n) is 8.28. The predicted molar refractivity (Wildman–Crippen MR) is 126 cm³/mol. The van der Waals surface area contributed by atoms with Crippen molar-refractivity contribution in [2.45, 2.75) is 59.7 Å². The van der Waals surface area contributed by atoms with Crippen molar-refractivity contribution in [3.63, 3.8) is 0 Å². The molecule has 1 amide bonds. The van der Waals surface area contributed by atoms with Crippen LogP contribution in [0, 0.1) is 0 Å². The van der Waals surface area contributed by atoms with Crippen LogP contribution in [0.5, 0.6) is 11.5 Å². The van der Waals surface area contributed by atoms with E-state index in [0.29, 0.717) is 11.5 Å². The van der Waals surface area contributed by atoms with E-state index in [1.165, 1.54) is 0 Å². The summed E-state index contributed by atoms with van der Waals surface area (Å²) in [5.41, 5.74) is 2.50. The van der Waals surface area contributed by atoms with Gasteiger partial charge in [-0.15, -0.1) is 0 Å². The minimum absolute atomic E-state index is 0.0708. The SMILES string of the molecule is C/C(=C/C(=O)N(C(C)C)C(C)C)c1ccc(OC(C)c2ccccc2)c(OCC(=O)O)c1. The molecule has 6 heteroatoms. The number of hydrogen-bond acceptors (Lipinski definition) is 4. The number of rotatable bonds is 10. The third-order valence-electron chi connectivity index (χ3n) is 5.03. The Bertz CT molecular complexity index is 942. The van der Waals surface area contributed by atoms with Crippen molar-refractivity contribution in [2.24, 2.45) is 0 Å². The van der Waals surface area contributed by atoms with Crippen molar-refractivity contribution in [1.82, 2.24) is 4.90 Å². The highest BCUT2D eigenvalue weighted by Gasteiger charge is 2.19. The number of nitrogens with zero attached hydrogens (tertiary/aromatic N) is 1. The van der Waals surface area contributed by atoms with Crippen LogP contribution in [0.3, 0.4) is 0 Å². The van der Waals surface area contributed by atoms with Crippen LogP contribution in [0.2, 0.25) is 0 Å². The van der Waals surface area contributed by atoms with Crippen LogP contribution < -0.4 is 9.47 Å². The molecule has 2 aromatic carbocycles. The maximum absolute atomic E-state index is 12.8. The van der Waals surface area contributed by atoms with Crippen molar-refractivity contribution in [3.05, 3.63) is 65.7 Å². The Labute approximate surface area is 190 Å². The molecule has 0 aromatic heterocycles. The average molecular weight is 440 g/mol. The Morgan fingerprint density at radius 3 is 2.16 bits per heavy atom. The van der Waals surface area contributed by atoms with Gasteiger partial charge in [-0.05, 0) is 70.4 Å². The van der Waals surface area contributed by atoms with Gasteiger partial charge in [-0.3, -0.25) is 4.79 Å². The summed E-state index contributed by atoms with van der Waals surface area (Å²) < 4.78 is 11.6. The summed E-state index contributed by atoms with van der Waals surface area (Å²) in [7, 11) is 0. The molecule has 32 heavy (non-hydrogen) atoms. The minimum atomic E-state index is -1.08. The predicted octanol–water partition coefficient (Wildman–Crippen LogP) is 5.34. The van der Waals surface area contributed by atoms with Crippen molar-refractivity contribution < 1.29 is 24.2 Å². The number of benzene rings is 2. The number of carbonyl (C=O) groups is 2. The zero-order valence-corrected chi connectivity index (χ0v) is 19.7. The number of carbonyl (C=O) groups excluding carboxylic acids is 1. The van der Waals surface area contributed by atoms with Gasteiger partial charge in [0, 0.05) is 18.2 Å². The van der Waals surface area contributed by atoms with Crippen LogP contribution in [0.25, 0.3) is 5.57 Å². The quantitative estimate of drug-likeness (QED) is 0.506. The molecule has 6 nitrogen and oxygen atoms in total. The molecule has 0 heterocycles. The van der Waals surface area contributed by atoms with Gasteiger partial charge in [0.05, 0.1) is 0 Å². The van der Waals surface area contributed by atoms with Crippen molar-refractivity contribution in [2.75, 3.05) is 6.61 Å². The molecule has 172 valence electrons. The molecule has 1 N–H and O–H groups in total. The van der Waals surface area contributed by atoms with Gasteiger partial charge >= 0.3 is 5.97 Å². The number of carboxylic acids is 1. The second-order valence-corrected chi connectivity index (χ2v) is 8.28. The first-order valence-electron chi connectivity index (χ1n) is 10.8. The Hall–Kier alpha value is -3.28. The van der Waals surface area contributed by atoms with Crippen LogP contribution in [0.15, 0.2) is 54.6 Å². The van der Waals surface area contributed by atoms with Gasteiger partial charge in [0.15, 0.2) is 18.1 Å². The number of aliphatic carboxylic acids is 1. The smallest absolute Gasteiger partial charge is 0.341 e. The summed E-state index contributed by atoms with van der Waals surface area (Å²) in [6.45, 7) is 11.2. The first-order valence-corrected chi connectivity index (χ1v) is 10.8. The van der Waals surface area contributed by atoms with Crippen molar-refractivity contribution in [1.29, 1.82) is 0 Å². The third kappa shape index (κ3) is 6.87. The molecule has 0 aliphatic carbocycles. The Morgan fingerprint density at radius 1 is 0.969 bits per heavy atom. The number of amides is 1. The normalized spacial score (nSPS) is 12.6. The van der Waals surface area contributed by atoms with E-state index in [9.17, 15) is 9.59 Å². The lowest BCUT2D eigenvalue weighted by Gasteiger charge is -2.30. The monoisotopic (exact) mass is 439 g/mol. The molecule has 2 rings (SSSR count). The highest BCUT2D eigenvalue weighted by Crippen LogP contribution is 2.34. The van der Waals surface area contributed by atoms with Gasteiger partial charge in [0.2, 0.25) is 5.91 Å². The lowest BCUT2D eigenvalue weighted by Crippen LogP contribution is -2.41. The molecule has 0 fully saturated rings. The first-order chi connectivity index (χ1) is 15.1.